The van der Waals surface area contributed by atoms with Crippen LogP contribution in [-0.2, 0) is 14.3 Å². The van der Waals surface area contributed by atoms with Crippen LogP contribution in [0.25, 0.3) is 0 Å². The maximum atomic E-state index is 10.4. The highest BCUT2D eigenvalue weighted by molar-refractivity contribution is 5.82. The molecule has 0 unspecified atom stereocenters. The van der Waals surface area contributed by atoms with E-state index in [2.05, 4.69) is 33.2 Å². The van der Waals surface area contributed by atoms with Crippen molar-refractivity contribution in [1.29, 1.82) is 0 Å². The van der Waals surface area contributed by atoms with Crippen LogP contribution in [0.1, 0.15) is 12.8 Å². The van der Waals surface area contributed by atoms with Gasteiger partial charge in [0.1, 0.15) is 0 Å². The molecule has 0 aliphatic heterocycles. The molecule has 0 aromatic rings. The third-order valence-electron chi connectivity index (χ3n) is 1.15. The van der Waals surface area contributed by atoms with Crippen molar-refractivity contribution in [3.05, 3.63) is 0 Å². The van der Waals surface area contributed by atoms with Crippen LogP contribution in [-0.4, -0.2) is 25.2 Å². The Bertz CT molecular complexity index is 383. The van der Waals surface area contributed by atoms with Gasteiger partial charge in [-0.2, -0.15) is 0 Å². The quantitative estimate of drug-likeness (QED) is 0.547. The molecule has 0 aromatic heterocycles. The molecule has 92 valence electrons. The van der Waals surface area contributed by atoms with Gasteiger partial charge in [0, 0.05) is 0 Å². The third-order valence-corrected chi connectivity index (χ3v) is 1.15. The molecule has 0 atom stereocenters. The average Bonchev–Trinajstić information content (AvgIpc) is 2.35. The third kappa shape index (κ3) is 15.6. The number of ketones is 1. The lowest BCUT2D eigenvalue weighted by Crippen LogP contribution is -2.07. The van der Waals surface area contributed by atoms with Crippen molar-refractivity contribution >= 4 is 11.9 Å². The van der Waals surface area contributed by atoms with Crippen LogP contribution in [0.2, 0.25) is 0 Å². The second-order valence-corrected chi connectivity index (χ2v) is 2.54. The molecule has 4 heteroatoms. The lowest BCUT2D eigenvalue weighted by atomic mass is 10.2. The molecule has 4 nitrogen and oxygen atoms in total. The number of rotatable bonds is 4. The van der Waals surface area contributed by atoms with Crippen molar-refractivity contribution in [2.75, 3.05) is 13.2 Å². The summed E-state index contributed by atoms with van der Waals surface area (Å²) in [6, 6.07) is 0. The van der Waals surface area contributed by atoms with Gasteiger partial charge >= 0.3 is 6.16 Å². The molecule has 0 N–H and O–H groups in total. The van der Waals surface area contributed by atoms with Crippen molar-refractivity contribution < 1.29 is 19.1 Å². The number of hydrogen-bond donors (Lipinski definition) is 0. The molecular weight excluding hydrogens is 232 g/mol. The Labute approximate surface area is 107 Å². The second kappa shape index (κ2) is 14.2. The Kier molecular flexibility index (Phi) is 13.8. The van der Waals surface area contributed by atoms with E-state index >= 15 is 0 Å². The van der Waals surface area contributed by atoms with E-state index in [0.717, 1.165) is 0 Å². The summed E-state index contributed by atoms with van der Waals surface area (Å²) in [5.41, 5.74) is 0. The predicted octanol–water partition coefficient (Wildman–Crippen LogP) is 1.01. The van der Waals surface area contributed by atoms with Gasteiger partial charge < -0.3 is 9.47 Å². The fraction of sp³-hybridized carbons (Fsp3) is 0.286. The lowest BCUT2D eigenvalue weighted by molar-refractivity contribution is -0.117. The average molecular weight is 244 g/mol. The van der Waals surface area contributed by atoms with Gasteiger partial charge in [0.25, 0.3) is 0 Å². The molecule has 0 fully saturated rings. The van der Waals surface area contributed by atoms with Crippen molar-refractivity contribution in [3.63, 3.8) is 0 Å². The summed E-state index contributed by atoms with van der Waals surface area (Å²) in [4.78, 5) is 20.7. The number of carbonyl (C=O) groups excluding carboxylic acids is 2. The van der Waals surface area contributed by atoms with Gasteiger partial charge in [0.15, 0.2) is 19.0 Å². The zero-order valence-electron chi connectivity index (χ0n) is 9.77. The van der Waals surface area contributed by atoms with Crippen molar-refractivity contribution in [2.45, 2.75) is 12.8 Å². The monoisotopic (exact) mass is 244 g/mol. The zero-order chi connectivity index (χ0) is 14.2. The van der Waals surface area contributed by atoms with E-state index in [9.17, 15) is 9.59 Å². The fourth-order valence-electron chi connectivity index (χ4n) is 0.533. The van der Waals surface area contributed by atoms with E-state index in [1.807, 2.05) is 0 Å². The van der Waals surface area contributed by atoms with E-state index < -0.39 is 6.16 Å². The van der Waals surface area contributed by atoms with E-state index in [-0.39, 0.29) is 31.8 Å². The summed E-state index contributed by atoms with van der Waals surface area (Å²) in [5, 5.41) is 0. The first-order valence-electron chi connectivity index (χ1n) is 4.67. The Morgan fingerprint density at radius 3 is 1.44 bits per heavy atom. The second-order valence-electron chi connectivity index (χ2n) is 2.54. The maximum absolute atomic E-state index is 10.4. The van der Waals surface area contributed by atoms with E-state index in [4.69, 9.17) is 25.7 Å². The molecule has 0 aliphatic rings. The van der Waals surface area contributed by atoms with Crippen LogP contribution in [0.5, 0.6) is 0 Å². The highest BCUT2D eigenvalue weighted by Crippen LogP contribution is 1.84. The molecule has 18 heavy (non-hydrogen) atoms. The molecule has 0 heterocycles. The van der Waals surface area contributed by atoms with Crippen LogP contribution in [0, 0.1) is 49.4 Å². The summed E-state index contributed by atoms with van der Waals surface area (Å²) in [6.07, 6.45) is 18.7. The van der Waals surface area contributed by atoms with Crippen LogP contribution >= 0.6 is 0 Å². The van der Waals surface area contributed by atoms with Crippen molar-refractivity contribution in [2.24, 2.45) is 0 Å². The molecule has 0 rings (SSSR count). The SMILES string of the molecule is C#CCC(=O)CC#C.C#CCOC(=O)OCC#C. The van der Waals surface area contributed by atoms with Gasteiger partial charge in [-0.15, -0.1) is 25.7 Å². The van der Waals surface area contributed by atoms with Crippen molar-refractivity contribution in [1.82, 2.24) is 0 Å². The predicted molar refractivity (Wildman–Crippen MR) is 66.9 cm³/mol. The van der Waals surface area contributed by atoms with Gasteiger partial charge in [-0.3, -0.25) is 4.79 Å². The smallest absolute Gasteiger partial charge is 0.421 e. The van der Waals surface area contributed by atoms with Crippen LogP contribution in [0.15, 0.2) is 0 Å². The summed E-state index contributed by atoms with van der Waals surface area (Å²) < 4.78 is 8.60. The van der Waals surface area contributed by atoms with Crippen LogP contribution in [0.4, 0.5) is 4.79 Å². The topological polar surface area (TPSA) is 52.6 Å². The molecule has 0 spiro atoms. The molecule has 0 aliphatic carbocycles. The number of Topliss-reactive ketones (excluding diaryl/α,β-unsaturated/α-hetero) is 1. The number of ether oxygens (including phenoxy) is 2. The standard InChI is InChI=1S/C7H6O3.C7H6O/c1-3-5-9-7(8)10-6-4-2;1-3-5-7(8)6-4-2/h1-2H,5-6H2;1-2H,5-6H2. The maximum Gasteiger partial charge on any atom is 0.510 e. The molecule has 0 radical (unpaired) electrons. The zero-order valence-corrected chi connectivity index (χ0v) is 9.77. The molecule has 0 aromatic carbocycles. The molecule has 0 saturated carbocycles. The number of carbonyl (C=O) groups is 2. The van der Waals surface area contributed by atoms with Crippen molar-refractivity contribution in [3.8, 4) is 49.4 Å². The number of terminal acetylenes is 4. The summed E-state index contributed by atoms with van der Waals surface area (Å²) in [7, 11) is 0. The van der Waals surface area contributed by atoms with Crippen LogP contribution in [0.3, 0.4) is 0 Å². The molecular formula is C14H12O4. The highest BCUT2D eigenvalue weighted by atomic mass is 16.7. The highest BCUT2D eigenvalue weighted by Gasteiger charge is 1.98. The van der Waals surface area contributed by atoms with E-state index in [1.54, 1.807) is 0 Å². The first-order chi connectivity index (χ1) is 8.62. The van der Waals surface area contributed by atoms with Gasteiger partial charge in [-0.1, -0.05) is 23.7 Å². The van der Waals surface area contributed by atoms with Gasteiger partial charge in [0.05, 0.1) is 12.8 Å². The summed E-state index contributed by atoms with van der Waals surface area (Å²) >= 11 is 0. The Morgan fingerprint density at radius 2 is 1.17 bits per heavy atom. The Balaban J connectivity index is 0. The first-order valence-corrected chi connectivity index (χ1v) is 4.67. The van der Waals surface area contributed by atoms with Gasteiger partial charge in [0.2, 0.25) is 0 Å². The molecule has 0 saturated heterocycles. The van der Waals surface area contributed by atoms with E-state index in [0.29, 0.717) is 0 Å². The summed E-state index contributed by atoms with van der Waals surface area (Å²) in [5.74, 6) is 8.55. The van der Waals surface area contributed by atoms with Gasteiger partial charge in [-0.25, -0.2) is 4.79 Å². The normalized spacial score (nSPS) is 6.89. The van der Waals surface area contributed by atoms with Crippen LogP contribution < -0.4 is 0 Å². The van der Waals surface area contributed by atoms with E-state index in [1.165, 1.54) is 0 Å². The lowest BCUT2D eigenvalue weighted by Gasteiger charge is -1.97. The molecule has 0 bridgehead atoms. The summed E-state index contributed by atoms with van der Waals surface area (Å²) in [6.45, 7) is -0.188. The largest absolute Gasteiger partial charge is 0.510 e. The number of hydrogen-bond acceptors (Lipinski definition) is 4. The first kappa shape index (κ1) is 17.6. The minimum atomic E-state index is -0.837. The molecule has 0 amide bonds. The Hall–Kier alpha value is -2.82. The Morgan fingerprint density at radius 1 is 0.778 bits per heavy atom. The minimum absolute atomic E-state index is 0.0602. The minimum Gasteiger partial charge on any atom is -0.421 e. The van der Waals surface area contributed by atoms with Gasteiger partial charge in [-0.05, 0) is 0 Å². The fourth-order valence-corrected chi connectivity index (χ4v) is 0.533.